The van der Waals surface area contributed by atoms with Crippen molar-refractivity contribution in [3.8, 4) is 11.5 Å². The van der Waals surface area contributed by atoms with E-state index in [1.807, 2.05) is 32.9 Å². The van der Waals surface area contributed by atoms with E-state index in [0.29, 0.717) is 19.8 Å². The summed E-state index contributed by atoms with van der Waals surface area (Å²) in [7, 11) is 0. The summed E-state index contributed by atoms with van der Waals surface area (Å²) in [6.45, 7) is 16.7. The van der Waals surface area contributed by atoms with Gasteiger partial charge < -0.3 is 18.9 Å². The molecule has 1 unspecified atom stereocenters. The first kappa shape index (κ1) is 26.2. The van der Waals surface area contributed by atoms with Crippen molar-refractivity contribution in [2.75, 3.05) is 19.8 Å². The third-order valence-corrected chi connectivity index (χ3v) is 7.27. The van der Waals surface area contributed by atoms with E-state index in [1.165, 1.54) is 22.3 Å². The third-order valence-electron chi connectivity index (χ3n) is 7.27. The fourth-order valence-corrected chi connectivity index (χ4v) is 4.77. The molecule has 0 bridgehead atoms. The lowest BCUT2D eigenvalue weighted by Gasteiger charge is -2.31. The van der Waals surface area contributed by atoms with Gasteiger partial charge in [-0.2, -0.15) is 0 Å². The van der Waals surface area contributed by atoms with E-state index in [2.05, 4.69) is 88.4 Å². The molecule has 0 aliphatic carbocycles. The summed E-state index contributed by atoms with van der Waals surface area (Å²) in [5.41, 5.74) is 4.80. The third kappa shape index (κ3) is 5.77. The van der Waals surface area contributed by atoms with Crippen LogP contribution in [0.2, 0.25) is 0 Å². The van der Waals surface area contributed by atoms with Crippen LogP contribution >= 0.6 is 0 Å². The molecule has 0 spiro atoms. The summed E-state index contributed by atoms with van der Waals surface area (Å²) in [5, 5.41) is 0. The monoisotopic (exact) mass is 488 g/mol. The van der Waals surface area contributed by atoms with Gasteiger partial charge in [-0.3, -0.25) is 0 Å². The van der Waals surface area contributed by atoms with Gasteiger partial charge in [0.05, 0.1) is 13.2 Å². The molecule has 0 saturated carbocycles. The molecule has 3 aromatic carbocycles. The van der Waals surface area contributed by atoms with E-state index in [1.54, 1.807) is 0 Å². The molecular weight excluding hydrogens is 448 g/mol. The van der Waals surface area contributed by atoms with Crippen molar-refractivity contribution < 1.29 is 18.9 Å². The largest absolute Gasteiger partial charge is 0.494 e. The second-order valence-electron chi connectivity index (χ2n) is 11.1. The van der Waals surface area contributed by atoms with Gasteiger partial charge in [0.2, 0.25) is 0 Å². The average molecular weight is 489 g/mol. The van der Waals surface area contributed by atoms with Crippen LogP contribution < -0.4 is 9.47 Å². The highest BCUT2D eigenvalue weighted by Crippen LogP contribution is 2.37. The van der Waals surface area contributed by atoms with Crippen LogP contribution in [0, 0.1) is 0 Å². The quantitative estimate of drug-likeness (QED) is 0.317. The van der Waals surface area contributed by atoms with Gasteiger partial charge in [-0.1, -0.05) is 76.2 Å². The lowest BCUT2D eigenvalue weighted by atomic mass is 9.73. The fourth-order valence-electron chi connectivity index (χ4n) is 4.77. The van der Waals surface area contributed by atoms with Crippen molar-refractivity contribution in [2.24, 2.45) is 0 Å². The van der Waals surface area contributed by atoms with Crippen molar-refractivity contribution in [3.63, 3.8) is 0 Å². The molecule has 4 nitrogen and oxygen atoms in total. The van der Waals surface area contributed by atoms with Crippen LogP contribution in [0.3, 0.4) is 0 Å². The van der Waals surface area contributed by atoms with Crippen molar-refractivity contribution in [1.29, 1.82) is 0 Å². The maximum absolute atomic E-state index is 5.98. The Bertz CT molecular complexity index is 1140. The Hall–Kier alpha value is -2.82. The zero-order valence-electron chi connectivity index (χ0n) is 22.8. The van der Waals surface area contributed by atoms with E-state index >= 15 is 0 Å². The highest BCUT2D eigenvalue weighted by atomic mass is 16.7. The molecule has 1 aliphatic heterocycles. The molecule has 0 aromatic heterocycles. The summed E-state index contributed by atoms with van der Waals surface area (Å²) in [4.78, 5) is 0. The molecule has 1 atom stereocenters. The second-order valence-corrected chi connectivity index (χ2v) is 11.1. The summed E-state index contributed by atoms with van der Waals surface area (Å²) >= 11 is 0. The molecule has 1 heterocycles. The molecule has 1 aliphatic rings. The molecule has 1 fully saturated rings. The maximum atomic E-state index is 5.98. The highest BCUT2D eigenvalue weighted by Gasteiger charge is 2.33. The Morgan fingerprint density at radius 1 is 0.750 bits per heavy atom. The van der Waals surface area contributed by atoms with Gasteiger partial charge >= 0.3 is 0 Å². The number of rotatable bonds is 9. The van der Waals surface area contributed by atoms with Crippen molar-refractivity contribution >= 4 is 0 Å². The average Bonchev–Trinajstić information content (AvgIpc) is 3.22. The fraction of sp³-hybridized carbons (Fsp3) is 0.438. The van der Waals surface area contributed by atoms with Crippen molar-refractivity contribution in [2.45, 2.75) is 71.2 Å². The number of ether oxygens (including phenoxy) is 4. The first-order chi connectivity index (χ1) is 17.0. The summed E-state index contributed by atoms with van der Waals surface area (Å²) in [6.07, 6.45) is -0.0439. The van der Waals surface area contributed by atoms with Crippen LogP contribution in [0.15, 0.2) is 72.8 Å². The van der Waals surface area contributed by atoms with E-state index in [4.69, 9.17) is 18.9 Å². The Balaban J connectivity index is 1.49. The number of benzene rings is 3. The topological polar surface area (TPSA) is 36.9 Å². The van der Waals surface area contributed by atoms with Gasteiger partial charge in [0.1, 0.15) is 24.2 Å². The normalized spacial score (nSPS) is 17.7. The van der Waals surface area contributed by atoms with Gasteiger partial charge in [0, 0.05) is 10.8 Å². The SMILES string of the molecule is CCOc1ccc(C(C)(C)c2cccc(C(C)(C)c3ccc(OCC4COC(C)(C)O4)cc3)c2)cc1. The standard InChI is InChI=1S/C32H40O4/c1-8-33-27-16-12-23(13-17-27)30(2,3)25-10-9-11-26(20-25)31(4,5)24-14-18-28(19-15-24)34-21-29-22-35-32(6,7)36-29/h9-20,29H,8,21-22H2,1-7H3. The van der Waals surface area contributed by atoms with Gasteiger partial charge in [0.25, 0.3) is 0 Å². The zero-order chi connectivity index (χ0) is 26.0. The minimum atomic E-state index is -0.530. The number of hydrogen-bond acceptors (Lipinski definition) is 4. The van der Waals surface area contributed by atoms with Crippen LogP contribution in [0.5, 0.6) is 11.5 Å². The lowest BCUT2D eigenvalue weighted by molar-refractivity contribution is -0.141. The first-order valence-electron chi connectivity index (χ1n) is 12.9. The molecule has 4 heteroatoms. The summed E-state index contributed by atoms with van der Waals surface area (Å²) in [6, 6.07) is 25.9. The molecule has 36 heavy (non-hydrogen) atoms. The van der Waals surface area contributed by atoms with Gasteiger partial charge in [-0.05, 0) is 67.3 Å². The van der Waals surface area contributed by atoms with Crippen molar-refractivity contribution in [1.82, 2.24) is 0 Å². The van der Waals surface area contributed by atoms with Crippen LogP contribution in [0.1, 0.15) is 70.7 Å². The van der Waals surface area contributed by atoms with Crippen molar-refractivity contribution in [3.05, 3.63) is 95.1 Å². The smallest absolute Gasteiger partial charge is 0.163 e. The molecule has 4 rings (SSSR count). The van der Waals surface area contributed by atoms with E-state index in [-0.39, 0.29) is 16.9 Å². The minimum absolute atomic E-state index is 0.0439. The first-order valence-corrected chi connectivity index (χ1v) is 12.9. The van der Waals surface area contributed by atoms with E-state index in [0.717, 1.165) is 11.5 Å². The Kier molecular flexibility index (Phi) is 7.49. The van der Waals surface area contributed by atoms with Gasteiger partial charge in [-0.15, -0.1) is 0 Å². The van der Waals surface area contributed by atoms with Crippen LogP contribution in [0.25, 0.3) is 0 Å². The zero-order valence-corrected chi connectivity index (χ0v) is 22.8. The molecule has 0 N–H and O–H groups in total. The Morgan fingerprint density at radius 3 is 1.69 bits per heavy atom. The predicted octanol–water partition coefficient (Wildman–Crippen LogP) is 7.27. The maximum Gasteiger partial charge on any atom is 0.163 e. The van der Waals surface area contributed by atoms with E-state index in [9.17, 15) is 0 Å². The van der Waals surface area contributed by atoms with Crippen LogP contribution in [-0.4, -0.2) is 31.7 Å². The minimum Gasteiger partial charge on any atom is -0.494 e. The lowest BCUT2D eigenvalue weighted by Crippen LogP contribution is -2.25. The Morgan fingerprint density at radius 2 is 1.25 bits per heavy atom. The highest BCUT2D eigenvalue weighted by molar-refractivity contribution is 5.46. The molecule has 1 saturated heterocycles. The molecule has 0 radical (unpaired) electrons. The van der Waals surface area contributed by atoms with E-state index < -0.39 is 5.79 Å². The van der Waals surface area contributed by atoms with Gasteiger partial charge in [0.15, 0.2) is 5.79 Å². The Labute approximate surface area is 216 Å². The summed E-state index contributed by atoms with van der Waals surface area (Å²) in [5.74, 6) is 1.22. The molecular formula is C32H40O4. The predicted molar refractivity (Wildman–Crippen MR) is 145 cm³/mol. The second kappa shape index (κ2) is 10.3. The van der Waals surface area contributed by atoms with Crippen LogP contribution in [-0.2, 0) is 20.3 Å². The molecule has 3 aromatic rings. The van der Waals surface area contributed by atoms with Gasteiger partial charge in [-0.25, -0.2) is 0 Å². The summed E-state index contributed by atoms with van der Waals surface area (Å²) < 4.78 is 23.1. The molecule has 192 valence electrons. The van der Waals surface area contributed by atoms with Crippen LogP contribution in [0.4, 0.5) is 0 Å². The number of hydrogen-bond donors (Lipinski definition) is 0. The molecule has 0 amide bonds.